The second-order valence-corrected chi connectivity index (χ2v) is 15.5. The lowest BCUT2D eigenvalue weighted by Crippen LogP contribution is -2.62. The third-order valence-electron chi connectivity index (χ3n) is 9.73. The van der Waals surface area contributed by atoms with E-state index in [1.807, 2.05) is 48.5 Å². The molecule has 8 nitrogen and oxygen atoms in total. The van der Waals surface area contributed by atoms with Gasteiger partial charge in [0.05, 0.1) is 24.1 Å². The maximum Gasteiger partial charge on any atom is 0.280 e. The molecule has 258 valence electrons. The highest BCUT2D eigenvalue weighted by molar-refractivity contribution is 7.89. The minimum Gasteiger partial charge on any atom is -0.493 e. The van der Waals surface area contributed by atoms with E-state index in [4.69, 9.17) is 26.8 Å². The Labute approximate surface area is 286 Å². The Morgan fingerprint density at radius 2 is 1.48 bits per heavy atom. The number of halogens is 3. The molecule has 2 heterocycles. The van der Waals surface area contributed by atoms with Crippen molar-refractivity contribution < 1.29 is 31.5 Å². The maximum absolute atomic E-state index is 14.6. The second kappa shape index (κ2) is 14.7. The molecule has 2 aliphatic heterocycles. The van der Waals surface area contributed by atoms with Crippen molar-refractivity contribution in [3.05, 3.63) is 77.8 Å². The van der Waals surface area contributed by atoms with E-state index in [1.165, 1.54) is 31.4 Å². The summed E-state index contributed by atoms with van der Waals surface area (Å²) in [4.78, 5) is 15.0. The van der Waals surface area contributed by atoms with Gasteiger partial charge in [-0.3, -0.25) is 4.79 Å². The average Bonchev–Trinajstić information content (AvgIpc) is 3.09. The van der Waals surface area contributed by atoms with E-state index < -0.39 is 46.6 Å². The Bertz CT molecular complexity index is 1650. The molecule has 0 unspecified atom stereocenters. The fourth-order valence-corrected chi connectivity index (χ4v) is 8.59. The Morgan fingerprint density at radius 1 is 0.854 bits per heavy atom. The number of rotatable bonds is 9. The van der Waals surface area contributed by atoms with Crippen molar-refractivity contribution >= 4 is 27.5 Å². The first-order valence-corrected chi connectivity index (χ1v) is 18.5. The summed E-state index contributed by atoms with van der Waals surface area (Å²) in [6, 6.07) is 18.5. The van der Waals surface area contributed by atoms with Crippen LogP contribution < -0.4 is 15.2 Å². The predicted octanol–water partition coefficient (Wildman–Crippen LogP) is 6.76. The highest BCUT2D eigenvalue weighted by Crippen LogP contribution is 2.34. The summed E-state index contributed by atoms with van der Waals surface area (Å²) in [5, 5.41) is 0.642. The van der Waals surface area contributed by atoms with Gasteiger partial charge >= 0.3 is 0 Å². The molecule has 6 rings (SSSR count). The fourth-order valence-electron chi connectivity index (χ4n) is 6.86. The van der Waals surface area contributed by atoms with Gasteiger partial charge in [-0.2, -0.15) is 4.31 Å². The molecule has 0 radical (unpaired) electrons. The summed E-state index contributed by atoms with van der Waals surface area (Å²) in [7, 11) is -4.17. The third-order valence-corrected chi connectivity index (χ3v) is 11.9. The van der Waals surface area contributed by atoms with Crippen molar-refractivity contribution in [3.8, 4) is 22.6 Å². The van der Waals surface area contributed by atoms with Crippen LogP contribution in [0, 0.1) is 5.92 Å². The predicted molar refractivity (Wildman–Crippen MR) is 181 cm³/mol. The summed E-state index contributed by atoms with van der Waals surface area (Å²) in [6.45, 7) is -0.271. The SMILES string of the molecule is N[C@@H]1CCN(C(=O)[C@@H]2C[C@@H](Oc3ccc(-c4ccc(Cl)cc4)cc3)CCN2S(=O)(=O)c2ccc(OCC3CCCCC3)cc2)CC1(F)F. The number of ether oxygens (including phenoxy) is 2. The summed E-state index contributed by atoms with van der Waals surface area (Å²) in [5.74, 6) is -2.33. The molecule has 3 fully saturated rings. The number of piperidine rings is 2. The zero-order valence-corrected chi connectivity index (χ0v) is 28.4. The highest BCUT2D eigenvalue weighted by atomic mass is 35.5. The van der Waals surface area contributed by atoms with Crippen LogP contribution in [-0.4, -0.2) is 73.9 Å². The fraction of sp³-hybridized carbons (Fsp3) is 0.472. The van der Waals surface area contributed by atoms with Gasteiger partial charge in [0.2, 0.25) is 15.9 Å². The van der Waals surface area contributed by atoms with Crippen molar-refractivity contribution in [1.82, 2.24) is 9.21 Å². The lowest BCUT2D eigenvalue weighted by Gasteiger charge is -2.42. The van der Waals surface area contributed by atoms with Gasteiger partial charge in [-0.25, -0.2) is 17.2 Å². The van der Waals surface area contributed by atoms with Crippen LogP contribution in [0.25, 0.3) is 11.1 Å². The van der Waals surface area contributed by atoms with Crippen molar-refractivity contribution in [2.24, 2.45) is 11.7 Å². The van der Waals surface area contributed by atoms with E-state index in [0.29, 0.717) is 35.5 Å². The maximum atomic E-state index is 14.6. The van der Waals surface area contributed by atoms with Gasteiger partial charge in [-0.15, -0.1) is 0 Å². The number of hydrogen-bond acceptors (Lipinski definition) is 6. The minimum atomic E-state index is -4.17. The monoisotopic (exact) mass is 701 g/mol. The van der Waals surface area contributed by atoms with E-state index in [9.17, 15) is 22.0 Å². The first-order chi connectivity index (χ1) is 23.0. The van der Waals surface area contributed by atoms with Crippen LogP contribution in [0.15, 0.2) is 77.7 Å². The molecule has 0 spiro atoms. The number of alkyl halides is 2. The quantitative estimate of drug-likeness (QED) is 0.265. The molecule has 48 heavy (non-hydrogen) atoms. The minimum absolute atomic E-state index is 0.00765. The van der Waals surface area contributed by atoms with Crippen LogP contribution in [0.4, 0.5) is 8.78 Å². The molecule has 2 N–H and O–H groups in total. The second-order valence-electron chi connectivity index (χ2n) is 13.1. The molecular weight excluding hydrogens is 660 g/mol. The van der Waals surface area contributed by atoms with Gasteiger partial charge in [0.25, 0.3) is 5.92 Å². The Balaban J connectivity index is 1.18. The van der Waals surface area contributed by atoms with Crippen LogP contribution in [0.2, 0.25) is 5.02 Å². The standard InChI is InChI=1S/C36H42ClF2N3O5S/c37-28-10-6-26(7-11-28)27-8-12-30(13-9-27)47-31-18-21-42(33(22-31)35(43)41-20-19-34(40)36(38,39)24-41)48(44,45)32-16-14-29(15-17-32)46-23-25-4-2-1-3-5-25/h6-17,25,31,33-34H,1-5,18-24,40H2/t31-,33-,34+/m0/s1. The molecule has 3 atom stereocenters. The molecule has 1 aliphatic carbocycles. The summed E-state index contributed by atoms with van der Waals surface area (Å²) < 4.78 is 70.7. The van der Waals surface area contributed by atoms with Crippen LogP contribution in [0.5, 0.6) is 11.5 Å². The van der Waals surface area contributed by atoms with E-state index in [2.05, 4.69) is 0 Å². The smallest absolute Gasteiger partial charge is 0.280 e. The van der Waals surface area contributed by atoms with E-state index >= 15 is 0 Å². The van der Waals surface area contributed by atoms with Crippen LogP contribution in [0.3, 0.4) is 0 Å². The molecule has 0 bridgehead atoms. The molecular formula is C36H42ClF2N3O5S. The van der Waals surface area contributed by atoms with Crippen LogP contribution in [-0.2, 0) is 14.8 Å². The van der Waals surface area contributed by atoms with Gasteiger partial charge < -0.3 is 20.1 Å². The number of carbonyl (C=O) groups excluding carboxylic acids is 1. The highest BCUT2D eigenvalue weighted by Gasteiger charge is 2.48. The molecule has 12 heteroatoms. The van der Waals surface area contributed by atoms with E-state index in [0.717, 1.165) is 33.2 Å². The molecule has 3 aromatic carbocycles. The summed E-state index contributed by atoms with van der Waals surface area (Å²) in [6.07, 6.45) is 5.63. The lowest BCUT2D eigenvalue weighted by molar-refractivity contribution is -0.149. The first kappa shape index (κ1) is 34.6. The number of sulfonamides is 1. The zero-order valence-electron chi connectivity index (χ0n) is 26.8. The number of likely N-dealkylation sites (tertiary alicyclic amines) is 1. The Morgan fingerprint density at radius 3 is 2.12 bits per heavy atom. The normalized spacial score (nSPS) is 23.8. The Hall–Kier alpha value is -3.25. The average molecular weight is 702 g/mol. The number of nitrogens with two attached hydrogens (primary N) is 1. The van der Waals surface area contributed by atoms with E-state index in [-0.39, 0.29) is 30.8 Å². The largest absolute Gasteiger partial charge is 0.493 e. The van der Waals surface area contributed by atoms with Gasteiger partial charge in [-0.05, 0) is 91.3 Å². The lowest BCUT2D eigenvalue weighted by atomic mass is 9.90. The number of amides is 1. The van der Waals surface area contributed by atoms with E-state index in [1.54, 1.807) is 12.1 Å². The molecule has 3 aromatic rings. The van der Waals surface area contributed by atoms with Crippen LogP contribution in [0.1, 0.15) is 51.4 Å². The molecule has 1 saturated carbocycles. The number of benzene rings is 3. The van der Waals surface area contributed by atoms with Crippen molar-refractivity contribution in [2.75, 3.05) is 26.2 Å². The molecule has 2 saturated heterocycles. The van der Waals surface area contributed by atoms with Gasteiger partial charge in [0.1, 0.15) is 23.6 Å². The Kier molecular flexibility index (Phi) is 10.6. The zero-order chi connectivity index (χ0) is 33.9. The van der Waals surface area contributed by atoms with Gasteiger partial charge in [0.15, 0.2) is 0 Å². The van der Waals surface area contributed by atoms with Gasteiger partial charge in [-0.1, -0.05) is 55.1 Å². The molecule has 3 aliphatic rings. The summed E-state index contributed by atoms with van der Waals surface area (Å²) >= 11 is 6.02. The molecule has 0 aromatic heterocycles. The topological polar surface area (TPSA) is 102 Å². The summed E-state index contributed by atoms with van der Waals surface area (Å²) in [5.41, 5.74) is 7.58. The first-order valence-electron chi connectivity index (χ1n) is 16.7. The van der Waals surface area contributed by atoms with Gasteiger partial charge in [0, 0.05) is 24.5 Å². The van der Waals surface area contributed by atoms with Crippen LogP contribution >= 0.6 is 11.6 Å². The van der Waals surface area contributed by atoms with Crippen molar-refractivity contribution in [1.29, 1.82) is 0 Å². The third kappa shape index (κ3) is 7.96. The van der Waals surface area contributed by atoms with Crippen molar-refractivity contribution in [3.63, 3.8) is 0 Å². The number of hydrogen-bond donors (Lipinski definition) is 1. The number of carbonyl (C=O) groups is 1. The molecule has 1 amide bonds. The number of nitrogens with zero attached hydrogens (tertiary/aromatic N) is 2. The van der Waals surface area contributed by atoms with Crippen molar-refractivity contribution in [2.45, 2.75) is 80.4 Å².